The maximum Gasteiger partial charge on any atom is 0.308 e. The Labute approximate surface area is 373 Å². The molecule has 60 heavy (non-hydrogen) atoms. The van der Waals surface area contributed by atoms with Crippen LogP contribution in [0.25, 0.3) is 0 Å². The molecule has 5 atom stereocenters. The van der Waals surface area contributed by atoms with Gasteiger partial charge in [0.2, 0.25) is 0 Å². The Morgan fingerprint density at radius 1 is 0.533 bits per heavy atom. The molecule has 0 aromatic carbocycles. The van der Waals surface area contributed by atoms with E-state index in [9.17, 15) is 14.7 Å². The number of hydrogen-bond acceptors (Lipinski definition) is 7. The highest BCUT2D eigenvalue weighted by molar-refractivity contribution is 5.72. The minimum Gasteiger partial charge on any atom is -0.465 e. The topological polar surface area (TPSA) is 88.1 Å². The third-order valence-electron chi connectivity index (χ3n) is 13.8. The fourth-order valence-corrected chi connectivity index (χ4v) is 9.71. The Morgan fingerprint density at radius 2 is 1.02 bits per heavy atom. The summed E-state index contributed by atoms with van der Waals surface area (Å²) in [6.07, 6.45) is 38.4. The van der Waals surface area contributed by atoms with E-state index in [1.807, 2.05) is 0 Å². The van der Waals surface area contributed by atoms with Crippen LogP contribution in [-0.2, 0) is 19.1 Å². The fourth-order valence-electron chi connectivity index (χ4n) is 9.71. The first-order valence-corrected chi connectivity index (χ1v) is 26.8. The van der Waals surface area contributed by atoms with Gasteiger partial charge in [-0.2, -0.15) is 0 Å². The average molecular weight is 849 g/mol. The van der Waals surface area contributed by atoms with Crippen LogP contribution in [0.4, 0.5) is 0 Å². The van der Waals surface area contributed by atoms with Gasteiger partial charge in [-0.15, -0.1) is 0 Å². The van der Waals surface area contributed by atoms with Crippen molar-refractivity contribution >= 4 is 11.9 Å². The van der Waals surface area contributed by atoms with Gasteiger partial charge in [-0.25, -0.2) is 0 Å². The first-order chi connectivity index (χ1) is 29.3. The molecule has 0 aromatic rings. The number of piperazine rings is 1. The minimum atomic E-state index is 0.0145. The zero-order valence-electron chi connectivity index (χ0n) is 41.1. The van der Waals surface area contributed by atoms with Gasteiger partial charge in [0.1, 0.15) is 0 Å². The van der Waals surface area contributed by atoms with Gasteiger partial charge in [0.15, 0.2) is 0 Å². The zero-order valence-corrected chi connectivity index (χ0v) is 41.1. The highest BCUT2D eigenvalue weighted by Gasteiger charge is 2.26. The molecule has 7 heteroatoms. The SMILES string of the molecule is CCCCCCCCC(CCCCCCCC)C(=O)OCCCCC1CN(CCCCCO)CC(CCCCOC(=O)C(CC)CCCCC(CCC)C(C)CCCC)N1. The summed E-state index contributed by atoms with van der Waals surface area (Å²) >= 11 is 0. The molecule has 0 aliphatic carbocycles. The predicted octanol–water partition coefficient (Wildman–Crippen LogP) is 14.2. The molecule has 0 amide bonds. The van der Waals surface area contributed by atoms with Gasteiger partial charge in [-0.05, 0) is 102 Å². The molecule has 1 saturated heterocycles. The molecule has 0 saturated carbocycles. The smallest absolute Gasteiger partial charge is 0.308 e. The standard InChI is InChI=1S/C53H104N2O5/c1-7-12-15-17-19-22-36-49(37-23-20-18-16-13-8-2)53(58)60-43-31-27-39-51-45-55(40-28-21-29-41-56)44-50(54-51)38-26-30-42-59-52(57)47(11-5)34-24-25-35-48(32-10-4)46(6)33-14-9-3/h46-51,54,56H,7-45H2,1-6H3. The van der Waals surface area contributed by atoms with Crippen molar-refractivity contribution in [1.29, 1.82) is 0 Å². The average Bonchev–Trinajstić information content (AvgIpc) is 3.25. The van der Waals surface area contributed by atoms with Gasteiger partial charge in [0.05, 0.1) is 25.0 Å². The number of rotatable bonds is 43. The summed E-state index contributed by atoms with van der Waals surface area (Å²) in [7, 11) is 0. The van der Waals surface area contributed by atoms with E-state index in [0.29, 0.717) is 25.3 Å². The fraction of sp³-hybridized carbons (Fsp3) is 0.962. The summed E-state index contributed by atoms with van der Waals surface area (Å²) in [5.74, 6) is 1.81. The van der Waals surface area contributed by atoms with E-state index >= 15 is 0 Å². The lowest BCUT2D eigenvalue weighted by atomic mass is 9.82. The quantitative estimate of drug-likeness (QED) is 0.0467. The molecule has 1 aliphatic heterocycles. The van der Waals surface area contributed by atoms with Crippen LogP contribution in [0.3, 0.4) is 0 Å². The number of ether oxygens (including phenoxy) is 2. The lowest BCUT2D eigenvalue weighted by Crippen LogP contribution is -2.56. The van der Waals surface area contributed by atoms with E-state index in [0.717, 1.165) is 134 Å². The summed E-state index contributed by atoms with van der Waals surface area (Å²) in [4.78, 5) is 28.9. The summed E-state index contributed by atoms with van der Waals surface area (Å²) in [6.45, 7) is 18.3. The molecule has 356 valence electrons. The molecule has 1 rings (SSSR count). The van der Waals surface area contributed by atoms with Crippen molar-refractivity contribution in [2.24, 2.45) is 23.7 Å². The van der Waals surface area contributed by atoms with Crippen molar-refractivity contribution in [3.05, 3.63) is 0 Å². The van der Waals surface area contributed by atoms with Crippen molar-refractivity contribution in [3.63, 3.8) is 0 Å². The molecule has 1 fully saturated rings. The van der Waals surface area contributed by atoms with Gasteiger partial charge in [-0.1, -0.05) is 170 Å². The minimum absolute atomic E-state index is 0.0145. The largest absolute Gasteiger partial charge is 0.465 e. The second-order valence-electron chi connectivity index (χ2n) is 19.3. The number of aliphatic hydroxyl groups excluding tert-OH is 1. The third-order valence-corrected chi connectivity index (χ3v) is 13.8. The van der Waals surface area contributed by atoms with Gasteiger partial charge < -0.3 is 24.8 Å². The Balaban J connectivity index is 2.50. The number of carbonyl (C=O) groups is 2. The van der Waals surface area contributed by atoms with Crippen molar-refractivity contribution in [2.45, 2.75) is 266 Å². The van der Waals surface area contributed by atoms with Crippen LogP contribution in [-0.4, -0.2) is 73.5 Å². The van der Waals surface area contributed by atoms with Crippen molar-refractivity contribution in [3.8, 4) is 0 Å². The van der Waals surface area contributed by atoms with Crippen LogP contribution in [0.1, 0.15) is 253 Å². The van der Waals surface area contributed by atoms with Gasteiger partial charge in [0.25, 0.3) is 0 Å². The number of carbonyl (C=O) groups excluding carboxylic acids is 2. The molecule has 7 nitrogen and oxygen atoms in total. The van der Waals surface area contributed by atoms with Crippen LogP contribution in [0.5, 0.6) is 0 Å². The number of nitrogens with zero attached hydrogens (tertiary/aromatic N) is 1. The van der Waals surface area contributed by atoms with Crippen LogP contribution < -0.4 is 5.32 Å². The molecular formula is C53H104N2O5. The molecule has 5 unspecified atom stereocenters. The number of esters is 2. The second kappa shape index (κ2) is 40.6. The summed E-state index contributed by atoms with van der Waals surface area (Å²) < 4.78 is 11.8. The number of unbranched alkanes of at least 4 members (excludes halogenated alkanes) is 16. The van der Waals surface area contributed by atoms with Crippen LogP contribution in [0.15, 0.2) is 0 Å². The van der Waals surface area contributed by atoms with E-state index in [2.05, 4.69) is 51.8 Å². The first-order valence-electron chi connectivity index (χ1n) is 26.8. The van der Waals surface area contributed by atoms with Crippen LogP contribution >= 0.6 is 0 Å². The van der Waals surface area contributed by atoms with Crippen molar-refractivity contribution in [2.75, 3.05) is 39.5 Å². The molecule has 1 aliphatic rings. The van der Waals surface area contributed by atoms with E-state index in [4.69, 9.17) is 9.47 Å². The maximum atomic E-state index is 13.3. The summed E-state index contributed by atoms with van der Waals surface area (Å²) in [5.41, 5.74) is 0. The maximum absolute atomic E-state index is 13.3. The molecule has 0 radical (unpaired) electrons. The number of nitrogens with one attached hydrogen (secondary N) is 1. The Kier molecular flexibility index (Phi) is 38.4. The predicted molar refractivity (Wildman–Crippen MR) is 257 cm³/mol. The molecule has 0 bridgehead atoms. The Bertz CT molecular complexity index is 948. The van der Waals surface area contributed by atoms with E-state index in [1.54, 1.807) is 0 Å². The van der Waals surface area contributed by atoms with Gasteiger partial charge in [0, 0.05) is 31.8 Å². The molecule has 1 heterocycles. The molecule has 0 spiro atoms. The monoisotopic (exact) mass is 849 g/mol. The normalized spacial score (nSPS) is 17.5. The van der Waals surface area contributed by atoms with E-state index in [-0.39, 0.29) is 30.4 Å². The van der Waals surface area contributed by atoms with Gasteiger partial charge >= 0.3 is 11.9 Å². The molecule has 2 N–H and O–H groups in total. The van der Waals surface area contributed by atoms with Crippen LogP contribution in [0.2, 0.25) is 0 Å². The second-order valence-corrected chi connectivity index (χ2v) is 19.3. The van der Waals surface area contributed by atoms with Crippen molar-refractivity contribution < 1.29 is 24.2 Å². The zero-order chi connectivity index (χ0) is 43.9. The highest BCUT2D eigenvalue weighted by atomic mass is 16.5. The first kappa shape index (κ1) is 56.8. The van der Waals surface area contributed by atoms with Crippen LogP contribution in [0, 0.1) is 23.7 Å². The van der Waals surface area contributed by atoms with E-state index < -0.39 is 0 Å². The third kappa shape index (κ3) is 30.0. The van der Waals surface area contributed by atoms with Gasteiger partial charge in [-0.3, -0.25) is 9.59 Å². The summed E-state index contributed by atoms with van der Waals surface area (Å²) in [5, 5.41) is 13.3. The highest BCUT2D eigenvalue weighted by Crippen LogP contribution is 2.29. The lowest BCUT2D eigenvalue weighted by Gasteiger charge is -2.39. The molecular weight excluding hydrogens is 745 g/mol. The Morgan fingerprint density at radius 3 is 1.55 bits per heavy atom. The lowest BCUT2D eigenvalue weighted by molar-refractivity contribution is -0.150. The van der Waals surface area contributed by atoms with Crippen molar-refractivity contribution in [1.82, 2.24) is 10.2 Å². The summed E-state index contributed by atoms with van der Waals surface area (Å²) in [6, 6.07) is 0.870. The Hall–Kier alpha value is -1.18. The van der Waals surface area contributed by atoms with E-state index in [1.165, 1.54) is 109 Å². The number of aliphatic hydroxyl groups is 1. The molecule has 0 aromatic heterocycles. The number of hydrogen-bond donors (Lipinski definition) is 2.